The van der Waals surface area contributed by atoms with Gasteiger partial charge in [-0.15, -0.1) is 0 Å². The van der Waals surface area contributed by atoms with Crippen LogP contribution in [0, 0.1) is 0 Å². The lowest BCUT2D eigenvalue weighted by molar-refractivity contribution is -0.133. The molecule has 3 aliphatic heterocycles. The molecule has 0 radical (unpaired) electrons. The lowest BCUT2D eigenvalue weighted by atomic mass is 10.1. The molecule has 0 aromatic heterocycles. The first-order valence-corrected chi connectivity index (χ1v) is 7.47. The highest BCUT2D eigenvalue weighted by atomic mass is 79.9. The van der Waals surface area contributed by atoms with Gasteiger partial charge >= 0.3 is 0 Å². The maximum absolute atomic E-state index is 11.9. The molecule has 0 aromatic rings. The van der Waals surface area contributed by atoms with E-state index < -0.39 is 54.7 Å². The molecule has 3 rings (SSSR count). The summed E-state index contributed by atoms with van der Waals surface area (Å²) in [6, 6.07) is -0.588. The minimum absolute atomic E-state index is 0. The number of halogens is 1. The Morgan fingerprint density at radius 1 is 1.32 bits per heavy atom. The number of hydrogen-bond acceptors (Lipinski definition) is 9. The highest BCUT2D eigenvalue weighted by Gasteiger charge is 2.55. The zero-order valence-electron chi connectivity index (χ0n) is 11.4. The van der Waals surface area contributed by atoms with Crippen molar-refractivity contribution in [3.8, 4) is 0 Å². The van der Waals surface area contributed by atoms with Crippen LogP contribution < -0.4 is 21.7 Å². The molecule has 128 valence electrons. The molecule has 22 heavy (non-hydrogen) atoms. The molecule has 3 saturated heterocycles. The monoisotopic (exact) mass is 385 g/mol. The van der Waals surface area contributed by atoms with Crippen molar-refractivity contribution in [1.29, 1.82) is 0 Å². The molecule has 0 saturated carbocycles. The summed E-state index contributed by atoms with van der Waals surface area (Å²) in [4.78, 5) is 13.6. The predicted octanol–water partition coefficient (Wildman–Crippen LogP) is -5.16. The number of amides is 1. The first-order valence-electron chi connectivity index (χ1n) is 6.56. The molecular formula is C10H20BrN5O6. The number of aliphatic hydroxyl groups is 3. The van der Waals surface area contributed by atoms with E-state index in [0.717, 1.165) is 0 Å². The first-order chi connectivity index (χ1) is 9.93. The molecule has 10 N–H and O–H groups in total. The van der Waals surface area contributed by atoms with E-state index in [4.69, 9.17) is 15.6 Å². The molecule has 0 aromatic carbocycles. The summed E-state index contributed by atoms with van der Waals surface area (Å²) in [5.74, 6) is -0.273. The van der Waals surface area contributed by atoms with Crippen LogP contribution in [-0.4, -0.2) is 86.3 Å². The Morgan fingerprint density at radius 2 is 2.00 bits per heavy atom. The van der Waals surface area contributed by atoms with Gasteiger partial charge in [0.05, 0.1) is 12.8 Å². The minimum atomic E-state index is -1.22. The summed E-state index contributed by atoms with van der Waals surface area (Å²) in [5, 5.41) is 37.2. The molecule has 11 nitrogen and oxygen atoms in total. The topological polar surface area (TPSA) is 184 Å². The van der Waals surface area contributed by atoms with Crippen molar-refractivity contribution in [2.75, 3.05) is 6.61 Å². The first kappa shape index (κ1) is 17.9. The normalized spacial score (nSPS) is 48.7. The third kappa shape index (κ3) is 2.75. The molecule has 0 bridgehead atoms. The van der Waals surface area contributed by atoms with Crippen molar-refractivity contribution in [2.24, 2.45) is 5.73 Å². The summed E-state index contributed by atoms with van der Waals surface area (Å²) in [5.41, 5.74) is 5.70. The Bertz CT molecular complexity index is 433. The third-order valence-electron chi connectivity index (χ3n) is 3.96. The largest absolute Gasteiger partial charge is 0.412 e. The van der Waals surface area contributed by atoms with E-state index in [2.05, 4.69) is 31.9 Å². The summed E-state index contributed by atoms with van der Waals surface area (Å²) < 4.78 is 5.50. The van der Waals surface area contributed by atoms with Crippen molar-refractivity contribution in [3.05, 3.63) is 0 Å². The van der Waals surface area contributed by atoms with Gasteiger partial charge in [-0.05, 0) is 0 Å². The van der Waals surface area contributed by atoms with Gasteiger partial charge in [-0.2, -0.15) is 0 Å². The van der Waals surface area contributed by atoms with Crippen LogP contribution in [0.25, 0.3) is 0 Å². The average Bonchev–Trinajstić information content (AvgIpc) is 2.89. The minimum Gasteiger partial charge on any atom is -0.412 e. The number of nitrogens with two attached hydrogens (primary N) is 1. The van der Waals surface area contributed by atoms with Gasteiger partial charge in [0.1, 0.15) is 41.9 Å². The fourth-order valence-corrected chi connectivity index (χ4v) is 3.69. The van der Waals surface area contributed by atoms with Crippen LogP contribution in [0.2, 0.25) is 0 Å². The molecule has 3 heterocycles. The van der Waals surface area contributed by atoms with Crippen LogP contribution in [0.5, 0.6) is 0 Å². The Kier molecular flexibility index (Phi) is 5.38. The van der Waals surface area contributed by atoms with Crippen molar-refractivity contribution >= 4 is 21.8 Å². The lowest BCUT2D eigenvalue weighted by Gasteiger charge is -2.38. The smallest absolute Gasteiger partial charge is 0.242 e. The third-order valence-corrected chi connectivity index (χ3v) is 4.69. The molecule has 0 aliphatic carbocycles. The van der Waals surface area contributed by atoms with Crippen molar-refractivity contribution in [1.82, 2.24) is 20.9 Å². The SMILES string of the molecule is NC1NC(=O)C2NC(Br)N([C@@H]3O[C@H](CO)[C@@H](O)[C@H]3O)C2N1.O. The van der Waals surface area contributed by atoms with E-state index in [0.29, 0.717) is 0 Å². The Balaban J connectivity index is 0.00000176. The molecule has 3 aliphatic rings. The zero-order valence-corrected chi connectivity index (χ0v) is 13.0. The fourth-order valence-electron chi connectivity index (χ4n) is 2.92. The van der Waals surface area contributed by atoms with Gasteiger partial charge < -0.3 is 30.8 Å². The highest BCUT2D eigenvalue weighted by molar-refractivity contribution is 9.09. The Labute approximate surface area is 134 Å². The van der Waals surface area contributed by atoms with Crippen LogP contribution in [0.1, 0.15) is 0 Å². The number of fused-ring (bicyclic) bond motifs is 1. The second-order valence-corrected chi connectivity index (χ2v) is 6.12. The zero-order chi connectivity index (χ0) is 15.3. The predicted molar refractivity (Wildman–Crippen MR) is 75.9 cm³/mol. The van der Waals surface area contributed by atoms with Crippen LogP contribution >= 0.6 is 15.9 Å². The number of alkyl halides is 1. The second-order valence-electron chi connectivity index (χ2n) is 5.25. The van der Waals surface area contributed by atoms with Crippen molar-refractivity contribution < 1.29 is 30.3 Å². The molecule has 12 heteroatoms. The van der Waals surface area contributed by atoms with E-state index in [1.165, 1.54) is 0 Å². The maximum Gasteiger partial charge on any atom is 0.242 e. The summed E-state index contributed by atoms with van der Waals surface area (Å²) in [7, 11) is 0. The van der Waals surface area contributed by atoms with Gasteiger partial charge in [-0.25, -0.2) is 4.90 Å². The fraction of sp³-hybridized carbons (Fsp3) is 0.900. The number of nitrogens with zero attached hydrogens (tertiary/aromatic N) is 1. The van der Waals surface area contributed by atoms with E-state index in [1.54, 1.807) is 4.90 Å². The average molecular weight is 386 g/mol. The van der Waals surface area contributed by atoms with Crippen molar-refractivity contribution in [3.63, 3.8) is 0 Å². The molecule has 4 unspecified atom stereocenters. The molecular weight excluding hydrogens is 366 g/mol. The molecule has 8 atom stereocenters. The summed E-state index contributed by atoms with van der Waals surface area (Å²) >= 11 is 3.36. The van der Waals surface area contributed by atoms with Gasteiger partial charge in [-0.1, -0.05) is 15.9 Å². The maximum atomic E-state index is 11.9. The number of rotatable bonds is 2. The van der Waals surface area contributed by atoms with Gasteiger partial charge in [0, 0.05) is 0 Å². The van der Waals surface area contributed by atoms with Crippen LogP contribution in [0.3, 0.4) is 0 Å². The Morgan fingerprint density at radius 3 is 2.59 bits per heavy atom. The van der Waals surface area contributed by atoms with E-state index in [9.17, 15) is 15.0 Å². The van der Waals surface area contributed by atoms with Gasteiger partial charge in [0.25, 0.3) is 0 Å². The standard InChI is InChI=1S/C10H18BrN5O5.H2O/c11-9-13-3-6(14-10(12)15-7(3)20)16(9)8-5(19)4(18)2(1-17)21-8;/h2-6,8-10,13-14,17-19H,1,12H2,(H,15,20);1H2/t2-,3?,4-,5-,6?,8-,9?,10?;/m1./s1. The van der Waals surface area contributed by atoms with Crippen LogP contribution in [0.4, 0.5) is 0 Å². The Hall–Kier alpha value is -0.410. The lowest BCUT2D eigenvalue weighted by Crippen LogP contribution is -2.71. The number of hydrogen-bond donors (Lipinski definition) is 7. The number of carbonyl (C=O) groups is 1. The van der Waals surface area contributed by atoms with Gasteiger partial charge in [0.2, 0.25) is 5.91 Å². The highest BCUT2D eigenvalue weighted by Crippen LogP contribution is 2.32. The van der Waals surface area contributed by atoms with E-state index in [1.807, 2.05) is 0 Å². The molecule has 0 spiro atoms. The number of nitrogens with one attached hydrogen (secondary N) is 3. The van der Waals surface area contributed by atoms with E-state index >= 15 is 0 Å². The quantitative estimate of drug-likeness (QED) is 0.180. The van der Waals surface area contributed by atoms with Crippen LogP contribution in [-0.2, 0) is 9.53 Å². The molecule has 1 amide bonds. The van der Waals surface area contributed by atoms with Gasteiger partial charge in [-0.3, -0.25) is 21.2 Å². The van der Waals surface area contributed by atoms with Gasteiger partial charge in [0.15, 0.2) is 0 Å². The number of ether oxygens (including phenoxy) is 1. The van der Waals surface area contributed by atoms with E-state index in [-0.39, 0.29) is 11.4 Å². The van der Waals surface area contributed by atoms with Crippen LogP contribution in [0.15, 0.2) is 0 Å². The number of carbonyl (C=O) groups excluding carboxylic acids is 1. The summed E-state index contributed by atoms with van der Waals surface area (Å²) in [6.45, 7) is -0.412. The number of aliphatic hydroxyl groups excluding tert-OH is 3. The second kappa shape index (κ2) is 6.60. The van der Waals surface area contributed by atoms with Crippen molar-refractivity contribution in [2.45, 2.75) is 48.1 Å². The summed E-state index contributed by atoms with van der Waals surface area (Å²) in [6.07, 6.45) is -5.44. The molecule has 3 fully saturated rings.